The Morgan fingerprint density at radius 1 is 1.75 bits per heavy atom. The lowest BCUT2D eigenvalue weighted by molar-refractivity contribution is 0.620. The molecule has 0 aliphatic heterocycles. The van der Waals surface area contributed by atoms with Crippen molar-refractivity contribution in [1.29, 1.82) is 0 Å². The summed E-state index contributed by atoms with van der Waals surface area (Å²) >= 11 is 5.36. The van der Waals surface area contributed by atoms with Gasteiger partial charge in [-0.1, -0.05) is 11.6 Å². The van der Waals surface area contributed by atoms with E-state index in [4.69, 9.17) is 11.6 Å². The van der Waals surface area contributed by atoms with E-state index in [-0.39, 0.29) is 5.15 Å². The van der Waals surface area contributed by atoms with Gasteiger partial charge in [-0.15, -0.1) is 0 Å². The molecule has 0 bridgehead atoms. The first kappa shape index (κ1) is 9.61. The number of halogens is 2. The highest BCUT2D eigenvalue weighted by atomic mass is 35.5. The summed E-state index contributed by atoms with van der Waals surface area (Å²) in [5.41, 5.74) is 0.595. The molecule has 0 spiro atoms. The molecule has 1 rings (SSSR count). The summed E-state index contributed by atoms with van der Waals surface area (Å²) in [4.78, 5) is 3.59. The van der Waals surface area contributed by atoms with Gasteiger partial charge in [-0.2, -0.15) is 0 Å². The standard InChI is InChI=1S/C7H7ClFNOS/c1-12(11)4-5-2-6(9)7(8)10-3-5/h2-3H,4H2,1H3. The molecule has 0 radical (unpaired) electrons. The van der Waals surface area contributed by atoms with E-state index in [2.05, 4.69) is 4.98 Å². The normalized spacial score (nSPS) is 12.9. The van der Waals surface area contributed by atoms with Crippen molar-refractivity contribution in [3.8, 4) is 0 Å². The summed E-state index contributed by atoms with van der Waals surface area (Å²) in [6, 6.07) is 1.25. The summed E-state index contributed by atoms with van der Waals surface area (Å²) in [7, 11) is -0.981. The lowest BCUT2D eigenvalue weighted by atomic mass is 10.3. The van der Waals surface area contributed by atoms with Crippen LogP contribution < -0.4 is 0 Å². The van der Waals surface area contributed by atoms with Crippen LogP contribution in [-0.2, 0) is 16.6 Å². The van der Waals surface area contributed by atoms with Crippen LogP contribution in [0.4, 0.5) is 4.39 Å². The summed E-state index contributed by atoms with van der Waals surface area (Å²) in [5.74, 6) is -0.263. The second-order valence-electron chi connectivity index (χ2n) is 2.33. The Labute approximate surface area is 77.2 Å². The first-order chi connectivity index (χ1) is 5.59. The number of pyridine rings is 1. The lowest BCUT2D eigenvalue weighted by Crippen LogP contribution is -1.94. The zero-order valence-electron chi connectivity index (χ0n) is 6.38. The van der Waals surface area contributed by atoms with E-state index in [1.54, 1.807) is 6.26 Å². The zero-order valence-corrected chi connectivity index (χ0v) is 7.95. The molecule has 1 aromatic heterocycles. The molecule has 0 aliphatic rings. The van der Waals surface area contributed by atoms with Crippen molar-refractivity contribution in [2.24, 2.45) is 0 Å². The van der Waals surface area contributed by atoms with Gasteiger partial charge in [0.25, 0.3) is 0 Å². The third kappa shape index (κ3) is 2.53. The van der Waals surface area contributed by atoms with Crippen LogP contribution in [-0.4, -0.2) is 15.4 Å². The number of aromatic nitrogens is 1. The topological polar surface area (TPSA) is 30.0 Å². The Morgan fingerprint density at radius 3 is 2.92 bits per heavy atom. The van der Waals surface area contributed by atoms with Crippen LogP contribution in [0.25, 0.3) is 0 Å². The largest absolute Gasteiger partial charge is 0.260 e. The van der Waals surface area contributed by atoms with Gasteiger partial charge >= 0.3 is 0 Å². The van der Waals surface area contributed by atoms with Crippen LogP contribution in [0.3, 0.4) is 0 Å². The molecule has 66 valence electrons. The van der Waals surface area contributed by atoms with Crippen molar-refractivity contribution in [1.82, 2.24) is 4.98 Å². The predicted molar refractivity (Wildman–Crippen MR) is 47.0 cm³/mol. The number of hydrogen-bond acceptors (Lipinski definition) is 2. The Kier molecular flexibility index (Phi) is 3.17. The van der Waals surface area contributed by atoms with Crippen LogP contribution in [0.5, 0.6) is 0 Å². The molecule has 0 saturated heterocycles. The summed E-state index contributed by atoms with van der Waals surface area (Å²) < 4.78 is 23.5. The third-order valence-electron chi connectivity index (χ3n) is 1.22. The number of rotatable bonds is 2. The molecule has 0 aromatic carbocycles. The minimum Gasteiger partial charge on any atom is -0.260 e. The van der Waals surface area contributed by atoms with Gasteiger partial charge in [0.15, 0.2) is 11.0 Å². The van der Waals surface area contributed by atoms with Crippen molar-refractivity contribution in [3.63, 3.8) is 0 Å². The fourth-order valence-corrected chi connectivity index (χ4v) is 1.51. The Hall–Kier alpha value is -0.480. The molecule has 12 heavy (non-hydrogen) atoms. The van der Waals surface area contributed by atoms with Crippen LogP contribution in [0.1, 0.15) is 5.56 Å². The van der Waals surface area contributed by atoms with E-state index in [0.29, 0.717) is 11.3 Å². The maximum Gasteiger partial charge on any atom is 0.164 e. The second-order valence-corrected chi connectivity index (χ2v) is 4.13. The highest BCUT2D eigenvalue weighted by Gasteiger charge is 2.03. The molecule has 1 atom stereocenters. The summed E-state index contributed by atoms with van der Waals surface area (Å²) in [6.45, 7) is 0. The monoisotopic (exact) mass is 207 g/mol. The van der Waals surface area contributed by atoms with E-state index in [9.17, 15) is 8.60 Å². The molecular weight excluding hydrogens is 201 g/mol. The fourth-order valence-electron chi connectivity index (χ4n) is 0.774. The van der Waals surface area contributed by atoms with Crippen LogP contribution >= 0.6 is 11.6 Å². The minimum absolute atomic E-state index is 0.152. The summed E-state index contributed by atoms with van der Waals surface area (Å²) in [6.07, 6.45) is 2.97. The quantitative estimate of drug-likeness (QED) is 0.692. The summed E-state index contributed by atoms with van der Waals surface area (Å²) in [5, 5.41) is -0.152. The average molecular weight is 208 g/mol. The van der Waals surface area contributed by atoms with Crippen molar-refractivity contribution >= 4 is 22.4 Å². The molecule has 1 aromatic rings. The number of nitrogens with zero attached hydrogens (tertiary/aromatic N) is 1. The van der Waals surface area contributed by atoms with E-state index < -0.39 is 16.6 Å². The van der Waals surface area contributed by atoms with Crippen molar-refractivity contribution in [3.05, 3.63) is 28.8 Å². The first-order valence-electron chi connectivity index (χ1n) is 3.19. The molecule has 0 amide bonds. The van der Waals surface area contributed by atoms with E-state index in [0.717, 1.165) is 0 Å². The van der Waals surface area contributed by atoms with Gasteiger partial charge in [0.1, 0.15) is 0 Å². The third-order valence-corrected chi connectivity index (χ3v) is 2.24. The highest BCUT2D eigenvalue weighted by Crippen LogP contribution is 2.12. The number of hydrogen-bond donors (Lipinski definition) is 0. The predicted octanol–water partition coefficient (Wildman–Crippen LogP) is 1.75. The molecule has 1 unspecified atom stereocenters. The molecule has 0 aliphatic carbocycles. The molecule has 2 nitrogen and oxygen atoms in total. The van der Waals surface area contributed by atoms with Gasteiger partial charge in [0.05, 0.1) is 0 Å². The van der Waals surface area contributed by atoms with Gasteiger partial charge in [-0.3, -0.25) is 4.21 Å². The van der Waals surface area contributed by atoms with Crippen LogP contribution in [0.2, 0.25) is 5.15 Å². The Balaban J connectivity index is 2.89. The van der Waals surface area contributed by atoms with Crippen LogP contribution in [0.15, 0.2) is 12.3 Å². The smallest absolute Gasteiger partial charge is 0.164 e. The fraction of sp³-hybridized carbons (Fsp3) is 0.286. The van der Waals surface area contributed by atoms with E-state index in [1.165, 1.54) is 12.3 Å². The molecular formula is C7H7ClFNOS. The molecule has 0 saturated carbocycles. The van der Waals surface area contributed by atoms with Crippen LogP contribution in [0, 0.1) is 5.82 Å². The highest BCUT2D eigenvalue weighted by molar-refractivity contribution is 7.83. The van der Waals surface area contributed by atoms with Crippen molar-refractivity contribution in [2.75, 3.05) is 6.26 Å². The van der Waals surface area contributed by atoms with Crippen molar-refractivity contribution < 1.29 is 8.60 Å². The zero-order chi connectivity index (χ0) is 9.14. The maximum atomic E-state index is 12.7. The lowest BCUT2D eigenvalue weighted by Gasteiger charge is -1.98. The van der Waals surface area contributed by atoms with Gasteiger partial charge in [0.2, 0.25) is 0 Å². The van der Waals surface area contributed by atoms with Crippen molar-refractivity contribution in [2.45, 2.75) is 5.75 Å². The van der Waals surface area contributed by atoms with Gasteiger partial charge in [-0.25, -0.2) is 9.37 Å². The van der Waals surface area contributed by atoms with Gasteiger partial charge in [0, 0.05) is 29.0 Å². The Bertz CT molecular complexity index is 318. The average Bonchev–Trinajstić information content (AvgIpc) is 1.96. The second kappa shape index (κ2) is 3.96. The van der Waals surface area contributed by atoms with Gasteiger partial charge < -0.3 is 0 Å². The Morgan fingerprint density at radius 2 is 2.42 bits per heavy atom. The minimum atomic E-state index is -0.981. The molecule has 0 fully saturated rings. The van der Waals surface area contributed by atoms with E-state index >= 15 is 0 Å². The molecule has 5 heteroatoms. The molecule has 1 heterocycles. The maximum absolute atomic E-state index is 12.7. The SMILES string of the molecule is CS(=O)Cc1cnc(Cl)c(F)c1. The molecule has 0 N–H and O–H groups in total. The van der Waals surface area contributed by atoms with Gasteiger partial charge in [-0.05, 0) is 11.6 Å². The first-order valence-corrected chi connectivity index (χ1v) is 5.30. The van der Waals surface area contributed by atoms with E-state index in [1.807, 2.05) is 0 Å².